The zero-order chi connectivity index (χ0) is 67.2. The van der Waals surface area contributed by atoms with E-state index in [0.29, 0.717) is 25.7 Å². The lowest BCUT2D eigenvalue weighted by atomic mass is 10.00. The minimum absolute atomic E-state index is 0.102. The van der Waals surface area contributed by atoms with Crippen LogP contribution in [0.25, 0.3) is 0 Å². The number of esters is 4. The first-order chi connectivity index (χ1) is 43.9. The molecular formula is C72H140O17P2. The highest BCUT2D eigenvalue weighted by molar-refractivity contribution is 7.47. The fourth-order valence-electron chi connectivity index (χ4n) is 10.9. The number of phosphoric acid groups is 2. The largest absolute Gasteiger partial charge is 0.472 e. The molecule has 0 saturated carbocycles. The van der Waals surface area contributed by atoms with Crippen molar-refractivity contribution < 1.29 is 80.2 Å². The maximum Gasteiger partial charge on any atom is 0.472 e. The Kier molecular flexibility index (Phi) is 62.7. The van der Waals surface area contributed by atoms with Gasteiger partial charge in [0.2, 0.25) is 0 Å². The van der Waals surface area contributed by atoms with Crippen molar-refractivity contribution in [2.24, 2.45) is 11.8 Å². The molecule has 0 radical (unpaired) electrons. The topological polar surface area (TPSA) is 237 Å². The molecule has 17 nitrogen and oxygen atoms in total. The van der Waals surface area contributed by atoms with Gasteiger partial charge in [-0.2, -0.15) is 0 Å². The molecule has 0 fully saturated rings. The number of ether oxygens (including phenoxy) is 4. The fourth-order valence-corrected chi connectivity index (χ4v) is 12.5. The van der Waals surface area contributed by atoms with Gasteiger partial charge in [0.05, 0.1) is 26.4 Å². The van der Waals surface area contributed by atoms with Crippen LogP contribution in [0.4, 0.5) is 0 Å². The Morgan fingerprint density at radius 1 is 0.319 bits per heavy atom. The molecule has 3 unspecified atom stereocenters. The second-order valence-electron chi connectivity index (χ2n) is 26.7. The molecule has 0 aromatic rings. The van der Waals surface area contributed by atoms with Gasteiger partial charge in [0.15, 0.2) is 12.2 Å². The lowest BCUT2D eigenvalue weighted by Gasteiger charge is -2.21. The quantitative estimate of drug-likeness (QED) is 0.0222. The van der Waals surface area contributed by atoms with E-state index in [1.807, 2.05) is 0 Å². The van der Waals surface area contributed by atoms with Crippen molar-refractivity contribution in [3.8, 4) is 0 Å². The minimum Gasteiger partial charge on any atom is -0.462 e. The number of aliphatic hydroxyl groups is 1. The molecule has 0 heterocycles. The molecule has 540 valence electrons. The molecule has 0 aromatic carbocycles. The van der Waals surface area contributed by atoms with E-state index in [1.165, 1.54) is 180 Å². The lowest BCUT2D eigenvalue weighted by molar-refractivity contribution is -0.161. The molecule has 0 aliphatic carbocycles. The van der Waals surface area contributed by atoms with E-state index in [-0.39, 0.29) is 25.7 Å². The predicted molar refractivity (Wildman–Crippen MR) is 368 cm³/mol. The van der Waals surface area contributed by atoms with E-state index in [2.05, 4.69) is 41.5 Å². The van der Waals surface area contributed by atoms with Gasteiger partial charge in [-0.15, -0.1) is 0 Å². The predicted octanol–water partition coefficient (Wildman–Crippen LogP) is 20.8. The van der Waals surface area contributed by atoms with Crippen LogP contribution in [0.1, 0.15) is 369 Å². The minimum atomic E-state index is -4.95. The van der Waals surface area contributed by atoms with Crippen molar-refractivity contribution in [2.45, 2.75) is 387 Å². The summed E-state index contributed by atoms with van der Waals surface area (Å²) >= 11 is 0. The van der Waals surface area contributed by atoms with E-state index >= 15 is 0 Å². The highest BCUT2D eigenvalue weighted by Gasteiger charge is 2.30. The zero-order valence-electron chi connectivity index (χ0n) is 59.1. The SMILES string of the molecule is CCCCCCCCCCCCCCCCCCCCC(=O)OC[C@H](COP(=O)(O)OC[C@@H](O)COP(=O)(O)OC[C@@H](COC(=O)CCCCCCC)OC(=O)CCCCCCCCC(C)CC)OC(=O)CCCCCCCCCCCCCCCCCC(C)C. The second kappa shape index (κ2) is 64.1. The first-order valence-electron chi connectivity index (χ1n) is 37.5. The van der Waals surface area contributed by atoms with Gasteiger partial charge in [-0.3, -0.25) is 37.3 Å². The van der Waals surface area contributed by atoms with Gasteiger partial charge in [-0.25, -0.2) is 9.13 Å². The van der Waals surface area contributed by atoms with Gasteiger partial charge >= 0.3 is 39.5 Å². The summed E-state index contributed by atoms with van der Waals surface area (Å²) in [5, 5.41) is 10.6. The molecule has 91 heavy (non-hydrogen) atoms. The van der Waals surface area contributed by atoms with Crippen molar-refractivity contribution in [3.63, 3.8) is 0 Å². The molecule has 0 aromatic heterocycles. The average Bonchev–Trinajstić information content (AvgIpc) is 3.72. The summed E-state index contributed by atoms with van der Waals surface area (Å²) in [6.07, 6.45) is 50.5. The molecule has 0 aliphatic rings. The molecule has 3 N–H and O–H groups in total. The normalized spacial score (nSPS) is 14.4. The van der Waals surface area contributed by atoms with Crippen LogP contribution >= 0.6 is 15.6 Å². The third-order valence-corrected chi connectivity index (χ3v) is 19.0. The third kappa shape index (κ3) is 65.1. The van der Waals surface area contributed by atoms with Gasteiger partial charge in [-0.05, 0) is 37.5 Å². The summed E-state index contributed by atoms with van der Waals surface area (Å²) in [7, 11) is -9.89. The molecule has 0 saturated heterocycles. The van der Waals surface area contributed by atoms with Crippen molar-refractivity contribution >= 4 is 39.5 Å². The van der Waals surface area contributed by atoms with E-state index in [0.717, 1.165) is 108 Å². The van der Waals surface area contributed by atoms with Gasteiger partial charge in [0.25, 0.3) is 0 Å². The number of rotatable bonds is 71. The summed E-state index contributed by atoms with van der Waals surface area (Å²) in [5.41, 5.74) is 0. The summed E-state index contributed by atoms with van der Waals surface area (Å²) in [6.45, 7) is 9.45. The number of hydrogen-bond acceptors (Lipinski definition) is 15. The van der Waals surface area contributed by atoms with Crippen LogP contribution in [0.3, 0.4) is 0 Å². The average molecular weight is 1340 g/mol. The fraction of sp³-hybridized carbons (Fsp3) is 0.944. The van der Waals surface area contributed by atoms with Crippen LogP contribution in [0, 0.1) is 11.8 Å². The smallest absolute Gasteiger partial charge is 0.462 e. The number of aliphatic hydroxyl groups excluding tert-OH is 1. The van der Waals surface area contributed by atoms with Gasteiger partial charge < -0.3 is 33.8 Å². The van der Waals surface area contributed by atoms with E-state index < -0.39 is 97.5 Å². The Bertz CT molecular complexity index is 1770. The van der Waals surface area contributed by atoms with E-state index in [1.54, 1.807) is 0 Å². The zero-order valence-corrected chi connectivity index (χ0v) is 60.9. The third-order valence-electron chi connectivity index (χ3n) is 17.1. The van der Waals surface area contributed by atoms with Crippen LogP contribution < -0.4 is 0 Å². The first-order valence-corrected chi connectivity index (χ1v) is 40.5. The summed E-state index contributed by atoms with van der Waals surface area (Å²) < 4.78 is 68.1. The standard InChI is InChI=1S/C72H140O17P2/c1-7-10-12-14-15-16-17-18-19-20-21-24-27-30-33-36-43-49-55-70(75)83-61-68(88-71(76)56-50-44-37-34-31-28-25-22-23-26-29-32-35-41-46-52-64(4)5)63-87-91(80,81)85-59-66(73)58-84-90(78,79)86-62-67(60-82-69(74)54-48-40-13-11-8-2)89-72(77)57-51-45-39-38-42-47-53-65(6)9-3/h64-68,73H,7-63H2,1-6H3,(H,78,79)(H,80,81)/t65?,66-,67+,68+/m0/s1. The Balaban J connectivity index is 5.14. The summed E-state index contributed by atoms with van der Waals surface area (Å²) in [6, 6.07) is 0. The highest BCUT2D eigenvalue weighted by atomic mass is 31.2. The van der Waals surface area contributed by atoms with Gasteiger partial charge in [-0.1, -0.05) is 318 Å². The Hall–Kier alpha value is -1.94. The second-order valence-corrected chi connectivity index (χ2v) is 29.6. The molecule has 0 spiro atoms. The molecule has 0 aliphatic heterocycles. The van der Waals surface area contributed by atoms with Crippen LogP contribution in [0.15, 0.2) is 0 Å². The van der Waals surface area contributed by atoms with Crippen LogP contribution in [0.2, 0.25) is 0 Å². The van der Waals surface area contributed by atoms with Crippen LogP contribution in [-0.2, 0) is 65.4 Å². The Morgan fingerprint density at radius 3 is 0.835 bits per heavy atom. The number of hydrogen-bond donors (Lipinski definition) is 3. The monoisotopic (exact) mass is 1340 g/mol. The Morgan fingerprint density at radius 2 is 0.560 bits per heavy atom. The summed E-state index contributed by atoms with van der Waals surface area (Å²) in [4.78, 5) is 72.3. The molecule has 0 bridgehead atoms. The van der Waals surface area contributed by atoms with E-state index in [4.69, 9.17) is 37.0 Å². The number of carbonyl (C=O) groups excluding carboxylic acids is 4. The number of phosphoric ester groups is 2. The van der Waals surface area contributed by atoms with Gasteiger partial charge in [0, 0.05) is 25.7 Å². The van der Waals surface area contributed by atoms with E-state index in [9.17, 15) is 43.2 Å². The maximum absolute atomic E-state index is 13.0. The molecule has 0 amide bonds. The molecular weight excluding hydrogens is 1200 g/mol. The van der Waals surface area contributed by atoms with Crippen molar-refractivity contribution in [2.75, 3.05) is 39.6 Å². The number of carbonyl (C=O) groups is 4. The van der Waals surface area contributed by atoms with Crippen molar-refractivity contribution in [1.82, 2.24) is 0 Å². The first kappa shape index (κ1) is 89.1. The van der Waals surface area contributed by atoms with Crippen LogP contribution in [0.5, 0.6) is 0 Å². The molecule has 6 atom stereocenters. The maximum atomic E-state index is 13.0. The van der Waals surface area contributed by atoms with Crippen molar-refractivity contribution in [1.29, 1.82) is 0 Å². The summed E-state index contributed by atoms with van der Waals surface area (Å²) in [5.74, 6) is -0.612. The highest BCUT2D eigenvalue weighted by Crippen LogP contribution is 2.45. The van der Waals surface area contributed by atoms with Crippen molar-refractivity contribution in [3.05, 3.63) is 0 Å². The van der Waals surface area contributed by atoms with Gasteiger partial charge in [0.1, 0.15) is 19.3 Å². The van der Waals surface area contributed by atoms with Crippen LogP contribution in [-0.4, -0.2) is 96.7 Å². The lowest BCUT2D eigenvalue weighted by Crippen LogP contribution is -2.30. The molecule has 0 rings (SSSR count). The Labute approximate surface area is 556 Å². The number of unbranched alkanes of at least 4 members (excludes halogenated alkanes) is 40. The molecule has 19 heteroatoms.